The number of rotatable bonds is 2. The molecule has 0 amide bonds. The second-order valence-electron chi connectivity index (χ2n) is 6.14. The van der Waals surface area contributed by atoms with Gasteiger partial charge in [0.25, 0.3) is 0 Å². The van der Waals surface area contributed by atoms with Crippen molar-refractivity contribution in [1.82, 2.24) is 10.2 Å². The van der Waals surface area contributed by atoms with E-state index in [2.05, 4.69) is 22.3 Å². The number of para-hydroxylation sites is 1. The fourth-order valence-corrected chi connectivity index (χ4v) is 3.70. The summed E-state index contributed by atoms with van der Waals surface area (Å²) >= 11 is 0. The number of benzene rings is 1. The van der Waals surface area contributed by atoms with Crippen molar-refractivity contribution >= 4 is 11.0 Å². The summed E-state index contributed by atoms with van der Waals surface area (Å²) in [6.07, 6.45) is 4.62. The standard InChI is InChI=1S/C16H20N2O/c1-2-4-15-14(3-1)13(10-19-15)9-18-8-6-16(12-18)5-7-17-11-16/h1-4,10,17H,5-9,11-12H2. The van der Waals surface area contributed by atoms with Gasteiger partial charge >= 0.3 is 0 Å². The van der Waals surface area contributed by atoms with Gasteiger partial charge in [-0.3, -0.25) is 4.90 Å². The number of hydrogen-bond donors (Lipinski definition) is 1. The zero-order chi connectivity index (χ0) is 12.7. The summed E-state index contributed by atoms with van der Waals surface area (Å²) in [6.45, 7) is 5.89. The quantitative estimate of drug-likeness (QED) is 0.895. The Bertz CT molecular complexity index is 583. The summed E-state index contributed by atoms with van der Waals surface area (Å²) in [6, 6.07) is 8.33. The fraction of sp³-hybridized carbons (Fsp3) is 0.500. The van der Waals surface area contributed by atoms with Crippen LogP contribution in [0, 0.1) is 5.41 Å². The van der Waals surface area contributed by atoms with Crippen LogP contribution >= 0.6 is 0 Å². The van der Waals surface area contributed by atoms with Crippen LogP contribution in [0.1, 0.15) is 18.4 Å². The molecule has 2 fully saturated rings. The SMILES string of the molecule is c1ccc2c(CN3CCC4(CCNC4)C3)coc2c1. The van der Waals surface area contributed by atoms with E-state index in [9.17, 15) is 0 Å². The number of furan rings is 1. The molecule has 1 aromatic carbocycles. The molecule has 1 N–H and O–H groups in total. The van der Waals surface area contributed by atoms with E-state index in [0.717, 1.165) is 12.1 Å². The molecule has 2 aromatic rings. The third-order valence-electron chi connectivity index (χ3n) is 4.80. The number of likely N-dealkylation sites (tertiary alicyclic amines) is 1. The Balaban J connectivity index is 1.53. The van der Waals surface area contributed by atoms with Crippen LogP contribution in [-0.4, -0.2) is 31.1 Å². The molecule has 1 unspecified atom stereocenters. The van der Waals surface area contributed by atoms with Crippen molar-refractivity contribution in [1.29, 1.82) is 0 Å². The summed E-state index contributed by atoms with van der Waals surface area (Å²) in [5.74, 6) is 0. The molecule has 0 saturated carbocycles. The predicted octanol–water partition coefficient (Wildman–Crippen LogP) is 2.62. The number of fused-ring (bicyclic) bond motifs is 1. The first-order valence-electron chi connectivity index (χ1n) is 7.23. The molecule has 0 aliphatic carbocycles. The molecule has 4 rings (SSSR count). The highest BCUT2D eigenvalue weighted by atomic mass is 16.3. The molecule has 100 valence electrons. The number of hydrogen-bond acceptors (Lipinski definition) is 3. The second kappa shape index (κ2) is 4.36. The zero-order valence-corrected chi connectivity index (χ0v) is 11.2. The Kier molecular flexibility index (Phi) is 2.64. The molecule has 3 heteroatoms. The highest BCUT2D eigenvalue weighted by Crippen LogP contribution is 2.37. The first-order chi connectivity index (χ1) is 9.35. The van der Waals surface area contributed by atoms with Gasteiger partial charge in [-0.15, -0.1) is 0 Å². The lowest BCUT2D eigenvalue weighted by Crippen LogP contribution is -2.28. The van der Waals surface area contributed by atoms with Gasteiger partial charge in [-0.1, -0.05) is 18.2 Å². The van der Waals surface area contributed by atoms with Crippen LogP contribution in [0.15, 0.2) is 34.9 Å². The summed E-state index contributed by atoms with van der Waals surface area (Å²) < 4.78 is 5.64. The highest BCUT2D eigenvalue weighted by molar-refractivity contribution is 5.80. The highest BCUT2D eigenvalue weighted by Gasteiger charge is 2.40. The largest absolute Gasteiger partial charge is 0.464 e. The number of nitrogens with zero attached hydrogens (tertiary/aromatic N) is 1. The van der Waals surface area contributed by atoms with Crippen molar-refractivity contribution in [3.05, 3.63) is 36.1 Å². The Labute approximate surface area is 113 Å². The molecular weight excluding hydrogens is 236 g/mol. The summed E-state index contributed by atoms with van der Waals surface area (Å²) in [4.78, 5) is 2.59. The van der Waals surface area contributed by atoms with Gasteiger partial charge in [0.05, 0.1) is 6.26 Å². The zero-order valence-electron chi connectivity index (χ0n) is 11.2. The fourth-order valence-electron chi connectivity index (χ4n) is 3.70. The van der Waals surface area contributed by atoms with Gasteiger partial charge < -0.3 is 9.73 Å². The molecule has 3 nitrogen and oxygen atoms in total. The normalized spacial score (nSPS) is 27.8. The van der Waals surface area contributed by atoms with Crippen molar-refractivity contribution < 1.29 is 4.42 Å². The van der Waals surface area contributed by atoms with Gasteiger partial charge in [-0.2, -0.15) is 0 Å². The van der Waals surface area contributed by atoms with Gasteiger partial charge in [0.1, 0.15) is 5.58 Å². The van der Waals surface area contributed by atoms with Gasteiger partial charge in [0, 0.05) is 30.6 Å². The van der Waals surface area contributed by atoms with Crippen molar-refractivity contribution in [3.63, 3.8) is 0 Å². The summed E-state index contributed by atoms with van der Waals surface area (Å²) in [5.41, 5.74) is 2.90. The molecule has 1 atom stereocenters. The van der Waals surface area contributed by atoms with Crippen molar-refractivity contribution in [2.75, 3.05) is 26.2 Å². The molecule has 2 saturated heterocycles. The van der Waals surface area contributed by atoms with E-state index >= 15 is 0 Å². The lowest BCUT2D eigenvalue weighted by molar-refractivity contribution is 0.268. The van der Waals surface area contributed by atoms with Crippen molar-refractivity contribution in [3.8, 4) is 0 Å². The molecule has 0 bridgehead atoms. The first kappa shape index (κ1) is 11.5. The topological polar surface area (TPSA) is 28.4 Å². The average Bonchev–Trinajstić information content (AvgIpc) is 3.14. The minimum Gasteiger partial charge on any atom is -0.464 e. The third-order valence-corrected chi connectivity index (χ3v) is 4.80. The van der Waals surface area contributed by atoms with Crippen LogP contribution < -0.4 is 5.32 Å². The van der Waals surface area contributed by atoms with Crippen LogP contribution in [0.25, 0.3) is 11.0 Å². The van der Waals surface area contributed by atoms with E-state index in [1.54, 1.807) is 0 Å². The minimum absolute atomic E-state index is 0.555. The average molecular weight is 256 g/mol. The molecule has 2 aliphatic rings. The van der Waals surface area contributed by atoms with Gasteiger partial charge in [-0.05, 0) is 37.4 Å². The van der Waals surface area contributed by atoms with Crippen LogP contribution in [0.3, 0.4) is 0 Å². The molecule has 3 heterocycles. The maximum absolute atomic E-state index is 5.64. The van der Waals surface area contributed by atoms with Gasteiger partial charge in [0.2, 0.25) is 0 Å². The third kappa shape index (κ3) is 1.97. The summed E-state index contributed by atoms with van der Waals surface area (Å²) in [7, 11) is 0. The molecule has 1 aromatic heterocycles. The molecule has 1 spiro atoms. The van der Waals surface area contributed by atoms with E-state index in [0.29, 0.717) is 5.41 Å². The van der Waals surface area contributed by atoms with E-state index in [1.165, 1.54) is 50.0 Å². The summed E-state index contributed by atoms with van der Waals surface area (Å²) in [5, 5.41) is 4.79. The lowest BCUT2D eigenvalue weighted by atomic mass is 9.86. The monoisotopic (exact) mass is 256 g/mol. The Morgan fingerprint density at radius 3 is 3.11 bits per heavy atom. The van der Waals surface area contributed by atoms with Crippen LogP contribution in [0.4, 0.5) is 0 Å². The molecule has 0 radical (unpaired) electrons. The van der Waals surface area contributed by atoms with Gasteiger partial charge in [-0.25, -0.2) is 0 Å². The predicted molar refractivity (Wildman–Crippen MR) is 76.0 cm³/mol. The Hall–Kier alpha value is -1.32. The van der Waals surface area contributed by atoms with Crippen molar-refractivity contribution in [2.24, 2.45) is 5.41 Å². The lowest BCUT2D eigenvalue weighted by Gasteiger charge is -2.22. The van der Waals surface area contributed by atoms with Gasteiger partial charge in [0.15, 0.2) is 0 Å². The Morgan fingerprint density at radius 1 is 1.26 bits per heavy atom. The van der Waals surface area contributed by atoms with Crippen molar-refractivity contribution in [2.45, 2.75) is 19.4 Å². The minimum atomic E-state index is 0.555. The smallest absolute Gasteiger partial charge is 0.134 e. The van der Waals surface area contributed by atoms with Crippen LogP contribution in [0.5, 0.6) is 0 Å². The van der Waals surface area contributed by atoms with Crippen LogP contribution in [-0.2, 0) is 6.54 Å². The maximum Gasteiger partial charge on any atom is 0.134 e. The maximum atomic E-state index is 5.64. The van der Waals surface area contributed by atoms with E-state index < -0.39 is 0 Å². The molecule has 19 heavy (non-hydrogen) atoms. The van der Waals surface area contributed by atoms with E-state index in [4.69, 9.17) is 4.42 Å². The van der Waals surface area contributed by atoms with Crippen LogP contribution in [0.2, 0.25) is 0 Å². The molecule has 2 aliphatic heterocycles. The first-order valence-corrected chi connectivity index (χ1v) is 7.23. The van der Waals surface area contributed by atoms with E-state index in [-0.39, 0.29) is 0 Å². The second-order valence-corrected chi connectivity index (χ2v) is 6.14. The Morgan fingerprint density at radius 2 is 2.21 bits per heavy atom. The molecular formula is C16H20N2O. The number of nitrogens with one attached hydrogen (secondary N) is 1. The van der Waals surface area contributed by atoms with E-state index in [1.807, 2.05) is 18.4 Å².